The van der Waals surface area contributed by atoms with Crippen LogP contribution in [0.1, 0.15) is 21.7 Å². The van der Waals surface area contributed by atoms with Crippen LogP contribution in [0.4, 0.5) is 0 Å². The van der Waals surface area contributed by atoms with E-state index in [0.717, 1.165) is 5.56 Å². The zero-order valence-electron chi connectivity index (χ0n) is 10.8. The van der Waals surface area contributed by atoms with E-state index in [2.05, 4.69) is 26.3 Å². The lowest BCUT2D eigenvalue weighted by atomic mass is 10.1. The Morgan fingerprint density at radius 1 is 1.40 bits per heavy atom. The van der Waals surface area contributed by atoms with E-state index in [0.29, 0.717) is 22.4 Å². The number of nitrogen functional groups attached to an aromatic ring is 1. The van der Waals surface area contributed by atoms with Gasteiger partial charge in [0.25, 0.3) is 11.5 Å². The number of nitrogens with two attached hydrogens (primary N) is 1. The number of hydrogen-bond acceptors (Lipinski definition) is 4. The maximum atomic E-state index is 12.0. The van der Waals surface area contributed by atoms with Gasteiger partial charge in [-0.1, -0.05) is 12.1 Å². The molecule has 1 heterocycles. The van der Waals surface area contributed by atoms with E-state index in [1.54, 1.807) is 35.8 Å². The quantitative estimate of drug-likeness (QED) is 0.496. The molecule has 1 aromatic heterocycles. The molecule has 0 atom stereocenters. The molecule has 3 N–H and O–H groups in total. The predicted octanol–water partition coefficient (Wildman–Crippen LogP) is 0.966. The number of benzene rings is 1. The molecular formula is C13H13BrN4O2. The second-order valence-electron chi connectivity index (χ2n) is 4.22. The normalized spacial score (nSPS) is 10.3. The highest BCUT2D eigenvalue weighted by Gasteiger charge is 2.07. The van der Waals surface area contributed by atoms with Crippen LogP contribution in [0.5, 0.6) is 0 Å². The molecule has 0 fully saturated rings. The molecule has 0 aliphatic rings. The van der Waals surface area contributed by atoms with Crippen molar-refractivity contribution >= 4 is 21.8 Å². The summed E-state index contributed by atoms with van der Waals surface area (Å²) >= 11 is 3.17. The number of hydrogen-bond donors (Lipinski definition) is 2. The minimum atomic E-state index is -0.353. The first-order valence-electron chi connectivity index (χ1n) is 5.84. The Balaban J connectivity index is 2.29. The van der Waals surface area contributed by atoms with Gasteiger partial charge in [-0.15, -0.1) is 0 Å². The molecule has 0 spiro atoms. The van der Waals surface area contributed by atoms with Gasteiger partial charge < -0.3 is 0 Å². The molecule has 104 valence electrons. The van der Waals surface area contributed by atoms with Crippen molar-refractivity contribution < 1.29 is 4.79 Å². The Morgan fingerprint density at radius 3 is 2.65 bits per heavy atom. The number of hydrazine groups is 1. The Labute approximate surface area is 123 Å². The van der Waals surface area contributed by atoms with E-state index < -0.39 is 0 Å². The molecule has 7 heteroatoms. The molecule has 20 heavy (non-hydrogen) atoms. The largest absolute Gasteiger partial charge is 0.291 e. The van der Waals surface area contributed by atoms with E-state index in [1.807, 2.05) is 0 Å². The monoisotopic (exact) mass is 336 g/mol. The molecule has 1 amide bonds. The third kappa shape index (κ3) is 2.94. The zero-order valence-corrected chi connectivity index (χ0v) is 12.3. The summed E-state index contributed by atoms with van der Waals surface area (Å²) in [5.41, 5.74) is 3.29. The summed E-state index contributed by atoms with van der Waals surface area (Å²) in [6, 6.07) is 6.86. The number of nitrogens with zero attached hydrogens (tertiary/aromatic N) is 2. The first-order chi connectivity index (χ1) is 9.52. The summed E-state index contributed by atoms with van der Waals surface area (Å²) < 4.78 is 1.98. The fraction of sp³-hybridized carbons (Fsp3) is 0.154. The molecule has 2 aromatic rings. The van der Waals surface area contributed by atoms with Gasteiger partial charge in [0.15, 0.2) is 0 Å². The summed E-state index contributed by atoms with van der Waals surface area (Å²) in [5.74, 6) is 5.34. The van der Waals surface area contributed by atoms with Crippen LogP contribution in [0.2, 0.25) is 0 Å². The van der Waals surface area contributed by atoms with Crippen LogP contribution >= 0.6 is 15.9 Å². The van der Waals surface area contributed by atoms with Gasteiger partial charge in [0.05, 0.1) is 6.54 Å². The summed E-state index contributed by atoms with van der Waals surface area (Å²) in [6.45, 7) is 2.16. The topological polar surface area (TPSA) is 90.0 Å². The highest BCUT2D eigenvalue weighted by atomic mass is 79.9. The Bertz CT molecular complexity index is 695. The van der Waals surface area contributed by atoms with Crippen molar-refractivity contribution in [1.82, 2.24) is 15.0 Å². The third-order valence-electron chi connectivity index (χ3n) is 2.89. The summed E-state index contributed by atoms with van der Waals surface area (Å²) in [7, 11) is 0. The van der Waals surface area contributed by atoms with E-state index >= 15 is 0 Å². The SMILES string of the molecule is Cc1ncc(Br)c(=O)n1Cc1ccc(C(=O)NN)cc1. The molecule has 1 aromatic carbocycles. The van der Waals surface area contributed by atoms with Crippen LogP contribution < -0.4 is 16.8 Å². The van der Waals surface area contributed by atoms with Crippen molar-refractivity contribution in [2.75, 3.05) is 0 Å². The predicted molar refractivity (Wildman–Crippen MR) is 78.1 cm³/mol. The van der Waals surface area contributed by atoms with Crippen LogP contribution in [0, 0.1) is 6.92 Å². The number of halogens is 1. The summed E-state index contributed by atoms with van der Waals surface area (Å²) in [6.07, 6.45) is 1.49. The summed E-state index contributed by atoms with van der Waals surface area (Å²) in [4.78, 5) is 27.5. The number of aromatic nitrogens is 2. The van der Waals surface area contributed by atoms with Crippen LogP contribution in [-0.2, 0) is 6.54 Å². The van der Waals surface area contributed by atoms with Crippen molar-refractivity contribution in [3.63, 3.8) is 0 Å². The highest BCUT2D eigenvalue weighted by molar-refractivity contribution is 9.10. The fourth-order valence-electron chi connectivity index (χ4n) is 1.76. The average Bonchev–Trinajstić information content (AvgIpc) is 2.47. The number of carbonyl (C=O) groups excluding carboxylic acids is 1. The van der Waals surface area contributed by atoms with Gasteiger partial charge in [0.1, 0.15) is 10.3 Å². The molecule has 6 nitrogen and oxygen atoms in total. The standard InChI is InChI=1S/C13H13BrN4O2/c1-8-16-6-11(14)13(20)18(8)7-9-2-4-10(5-3-9)12(19)17-15/h2-6H,7,15H2,1H3,(H,17,19). The average molecular weight is 337 g/mol. The van der Waals surface area contributed by atoms with Crippen LogP contribution in [0.3, 0.4) is 0 Å². The second-order valence-corrected chi connectivity index (χ2v) is 5.07. The summed E-state index contributed by atoms with van der Waals surface area (Å²) in [5, 5.41) is 0. The van der Waals surface area contributed by atoms with Gasteiger partial charge >= 0.3 is 0 Å². The first-order valence-corrected chi connectivity index (χ1v) is 6.64. The van der Waals surface area contributed by atoms with Crippen LogP contribution in [0.25, 0.3) is 0 Å². The second kappa shape index (κ2) is 5.98. The molecule has 0 saturated carbocycles. The zero-order chi connectivity index (χ0) is 14.7. The van der Waals surface area contributed by atoms with Gasteiger partial charge in [-0.05, 0) is 40.5 Å². The molecule has 0 bridgehead atoms. The lowest BCUT2D eigenvalue weighted by Gasteiger charge is -2.10. The van der Waals surface area contributed by atoms with Crippen molar-refractivity contribution in [1.29, 1.82) is 0 Å². The van der Waals surface area contributed by atoms with E-state index in [1.165, 1.54) is 6.20 Å². The molecule has 2 rings (SSSR count). The Morgan fingerprint density at radius 2 is 2.05 bits per heavy atom. The number of nitrogens with one attached hydrogen (secondary N) is 1. The van der Waals surface area contributed by atoms with Crippen molar-refractivity contribution in [3.05, 3.63) is 62.2 Å². The van der Waals surface area contributed by atoms with Crippen LogP contribution in [-0.4, -0.2) is 15.5 Å². The lowest BCUT2D eigenvalue weighted by molar-refractivity contribution is 0.0953. The van der Waals surface area contributed by atoms with E-state index in [4.69, 9.17) is 5.84 Å². The molecular weight excluding hydrogens is 324 g/mol. The molecule has 0 radical (unpaired) electrons. The van der Waals surface area contributed by atoms with Gasteiger partial charge in [-0.25, -0.2) is 10.8 Å². The number of amides is 1. The number of carbonyl (C=O) groups is 1. The minimum Gasteiger partial charge on any atom is -0.291 e. The first kappa shape index (κ1) is 14.4. The van der Waals surface area contributed by atoms with Crippen LogP contribution in [0.15, 0.2) is 39.7 Å². The Kier molecular flexibility index (Phi) is 4.31. The lowest BCUT2D eigenvalue weighted by Crippen LogP contribution is -2.30. The van der Waals surface area contributed by atoms with Crippen molar-refractivity contribution in [3.8, 4) is 0 Å². The maximum Gasteiger partial charge on any atom is 0.268 e. The highest BCUT2D eigenvalue weighted by Crippen LogP contribution is 2.08. The van der Waals surface area contributed by atoms with Gasteiger partial charge in [0, 0.05) is 11.8 Å². The molecule has 0 aliphatic carbocycles. The minimum absolute atomic E-state index is 0.138. The number of aryl methyl sites for hydroxylation is 1. The van der Waals surface area contributed by atoms with Gasteiger partial charge in [-0.3, -0.25) is 19.6 Å². The fourth-order valence-corrected chi connectivity index (χ4v) is 2.08. The Hall–Kier alpha value is -1.99. The van der Waals surface area contributed by atoms with Gasteiger partial charge in [-0.2, -0.15) is 0 Å². The van der Waals surface area contributed by atoms with E-state index in [9.17, 15) is 9.59 Å². The third-order valence-corrected chi connectivity index (χ3v) is 3.44. The number of rotatable bonds is 3. The van der Waals surface area contributed by atoms with E-state index in [-0.39, 0.29) is 11.5 Å². The van der Waals surface area contributed by atoms with Crippen molar-refractivity contribution in [2.45, 2.75) is 13.5 Å². The molecule has 0 unspecified atom stereocenters. The molecule has 0 aliphatic heterocycles. The smallest absolute Gasteiger partial charge is 0.268 e. The maximum absolute atomic E-state index is 12.0. The van der Waals surface area contributed by atoms with Gasteiger partial charge in [0.2, 0.25) is 0 Å². The molecule has 0 saturated heterocycles. The van der Waals surface area contributed by atoms with Crippen molar-refractivity contribution in [2.24, 2.45) is 5.84 Å².